The van der Waals surface area contributed by atoms with Crippen LogP contribution in [-0.2, 0) is 16.1 Å². The Morgan fingerprint density at radius 1 is 1.30 bits per heavy atom. The molecular formula is C20H23ClN6O3. The summed E-state index contributed by atoms with van der Waals surface area (Å²) in [5, 5.41) is 25.0. The molecule has 1 aromatic heterocycles. The zero-order valence-electron chi connectivity index (χ0n) is 16.3. The van der Waals surface area contributed by atoms with E-state index in [-0.39, 0.29) is 24.4 Å². The molecule has 0 radical (unpaired) electrons. The van der Waals surface area contributed by atoms with Gasteiger partial charge in [-0.05, 0) is 65.3 Å². The average molecular weight is 431 g/mol. The fourth-order valence-electron chi connectivity index (χ4n) is 4.44. The number of hydrogen-bond acceptors (Lipinski definition) is 6. The standard InChI is InChI=1S/C20H23ClN6O3/c21-14-3-4-15(26-10-23-24-25-26)13(6-14)9-22-19(29)17-8-12-7-16(12)27(17)20(30)18(28)5-11-1-2-11/h3-4,6,10-12,16-18,28H,1-2,5,7-9H2,(H,22,29)/t12-,16-,17-,18+/m0/s1. The molecule has 5 rings (SSSR count). The van der Waals surface area contributed by atoms with Gasteiger partial charge in [0.2, 0.25) is 5.91 Å². The maximum atomic E-state index is 13.0. The molecule has 4 atom stereocenters. The molecule has 10 heteroatoms. The smallest absolute Gasteiger partial charge is 0.252 e. The molecule has 0 unspecified atom stereocenters. The summed E-state index contributed by atoms with van der Waals surface area (Å²) >= 11 is 6.14. The molecule has 2 aliphatic carbocycles. The van der Waals surface area contributed by atoms with E-state index in [2.05, 4.69) is 20.8 Å². The van der Waals surface area contributed by atoms with Crippen molar-refractivity contribution in [1.82, 2.24) is 30.4 Å². The van der Waals surface area contributed by atoms with Crippen LogP contribution < -0.4 is 5.32 Å². The van der Waals surface area contributed by atoms with Gasteiger partial charge < -0.3 is 15.3 Å². The van der Waals surface area contributed by atoms with Crippen molar-refractivity contribution in [2.45, 2.75) is 56.8 Å². The van der Waals surface area contributed by atoms with Crippen LogP contribution in [0.5, 0.6) is 0 Å². The van der Waals surface area contributed by atoms with Gasteiger partial charge >= 0.3 is 0 Å². The van der Waals surface area contributed by atoms with E-state index in [1.165, 1.54) is 11.0 Å². The molecular weight excluding hydrogens is 408 g/mol. The van der Waals surface area contributed by atoms with Crippen molar-refractivity contribution in [2.75, 3.05) is 0 Å². The summed E-state index contributed by atoms with van der Waals surface area (Å²) in [6.45, 7) is 0.229. The summed E-state index contributed by atoms with van der Waals surface area (Å²) in [5.41, 5.74) is 1.48. The molecule has 3 fully saturated rings. The summed E-state index contributed by atoms with van der Waals surface area (Å²) in [6, 6.07) is 4.83. The van der Waals surface area contributed by atoms with Gasteiger partial charge in [0.25, 0.3) is 5.91 Å². The number of benzene rings is 1. The number of halogens is 1. The molecule has 0 bridgehead atoms. The number of aliphatic hydroxyl groups is 1. The predicted molar refractivity (Wildman–Crippen MR) is 107 cm³/mol. The van der Waals surface area contributed by atoms with Gasteiger partial charge in [-0.15, -0.1) is 5.10 Å². The summed E-state index contributed by atoms with van der Waals surface area (Å²) in [6.07, 6.45) is 4.68. The number of fused-ring (bicyclic) bond motifs is 1. The molecule has 2 aromatic rings. The quantitative estimate of drug-likeness (QED) is 0.679. The second-order valence-corrected chi connectivity index (χ2v) is 8.94. The van der Waals surface area contributed by atoms with Crippen LogP contribution in [-0.4, -0.2) is 60.2 Å². The lowest BCUT2D eigenvalue weighted by Crippen LogP contribution is -2.51. The van der Waals surface area contributed by atoms with Crippen molar-refractivity contribution in [3.05, 3.63) is 35.1 Å². The van der Waals surface area contributed by atoms with E-state index < -0.39 is 12.1 Å². The Balaban J connectivity index is 1.27. The second kappa shape index (κ2) is 7.63. The molecule has 2 amide bonds. The van der Waals surface area contributed by atoms with Crippen molar-refractivity contribution < 1.29 is 14.7 Å². The Morgan fingerprint density at radius 2 is 2.13 bits per heavy atom. The van der Waals surface area contributed by atoms with Crippen LogP contribution in [0.15, 0.2) is 24.5 Å². The van der Waals surface area contributed by atoms with E-state index in [0.717, 1.165) is 24.8 Å². The molecule has 2 saturated carbocycles. The van der Waals surface area contributed by atoms with Gasteiger partial charge in [0, 0.05) is 17.6 Å². The molecule has 2 heterocycles. The maximum absolute atomic E-state index is 13.0. The van der Waals surface area contributed by atoms with Gasteiger partial charge in [-0.1, -0.05) is 24.4 Å². The van der Waals surface area contributed by atoms with Crippen molar-refractivity contribution in [3.63, 3.8) is 0 Å². The van der Waals surface area contributed by atoms with Gasteiger partial charge in [0.1, 0.15) is 18.5 Å². The first-order chi connectivity index (χ1) is 14.5. The van der Waals surface area contributed by atoms with E-state index in [4.69, 9.17) is 11.6 Å². The highest BCUT2D eigenvalue weighted by Gasteiger charge is 2.56. The van der Waals surface area contributed by atoms with Crippen LogP contribution in [0.4, 0.5) is 0 Å². The summed E-state index contributed by atoms with van der Waals surface area (Å²) in [4.78, 5) is 27.4. The zero-order chi connectivity index (χ0) is 20.8. The van der Waals surface area contributed by atoms with Crippen LogP contribution in [0, 0.1) is 11.8 Å². The van der Waals surface area contributed by atoms with E-state index in [1.807, 2.05) is 0 Å². The fraction of sp³-hybridized carbons (Fsp3) is 0.550. The van der Waals surface area contributed by atoms with Gasteiger partial charge in [-0.3, -0.25) is 9.59 Å². The van der Waals surface area contributed by atoms with Crippen molar-refractivity contribution in [1.29, 1.82) is 0 Å². The summed E-state index contributed by atoms with van der Waals surface area (Å²) in [7, 11) is 0. The summed E-state index contributed by atoms with van der Waals surface area (Å²) in [5.74, 6) is 0.295. The molecule has 0 spiro atoms. The van der Waals surface area contributed by atoms with E-state index in [9.17, 15) is 14.7 Å². The number of likely N-dealkylation sites (tertiary alicyclic amines) is 1. The van der Waals surface area contributed by atoms with E-state index in [0.29, 0.717) is 35.4 Å². The number of aromatic nitrogens is 4. The van der Waals surface area contributed by atoms with Crippen molar-refractivity contribution in [3.8, 4) is 5.69 Å². The number of nitrogens with zero attached hydrogens (tertiary/aromatic N) is 5. The minimum atomic E-state index is -1.01. The first kappa shape index (κ1) is 19.4. The molecule has 1 aromatic carbocycles. The first-order valence-electron chi connectivity index (χ1n) is 10.3. The monoisotopic (exact) mass is 430 g/mol. The van der Waals surface area contributed by atoms with Crippen LogP contribution in [0.1, 0.15) is 37.7 Å². The largest absolute Gasteiger partial charge is 0.383 e. The number of hydrogen-bond donors (Lipinski definition) is 2. The SMILES string of the molecule is O=C(NCc1cc(Cl)ccc1-n1cnnn1)[C@@H]1C[C@@H]2C[C@@H]2N1C(=O)[C@H](O)CC1CC1. The number of tetrazole rings is 1. The Labute approximate surface area is 178 Å². The Hall–Kier alpha value is -2.52. The number of aliphatic hydroxyl groups excluding tert-OH is 1. The predicted octanol–water partition coefficient (Wildman–Crippen LogP) is 1.08. The lowest BCUT2D eigenvalue weighted by molar-refractivity contribution is -0.147. The molecule has 9 nitrogen and oxygen atoms in total. The van der Waals surface area contributed by atoms with Gasteiger partial charge in [-0.25, -0.2) is 4.68 Å². The van der Waals surface area contributed by atoms with Crippen LogP contribution in [0.2, 0.25) is 5.02 Å². The van der Waals surface area contributed by atoms with Gasteiger partial charge in [-0.2, -0.15) is 0 Å². The number of carbonyl (C=O) groups excluding carboxylic acids is 2. The number of nitrogens with one attached hydrogen (secondary N) is 1. The normalized spacial score (nSPS) is 25.7. The first-order valence-corrected chi connectivity index (χ1v) is 10.7. The molecule has 158 valence electrons. The van der Waals surface area contributed by atoms with Crippen molar-refractivity contribution in [2.24, 2.45) is 11.8 Å². The zero-order valence-corrected chi connectivity index (χ0v) is 17.1. The highest BCUT2D eigenvalue weighted by Crippen LogP contribution is 2.48. The van der Waals surface area contributed by atoms with E-state index in [1.54, 1.807) is 23.1 Å². The second-order valence-electron chi connectivity index (χ2n) is 8.50. The molecule has 1 saturated heterocycles. The van der Waals surface area contributed by atoms with Crippen LogP contribution in [0.3, 0.4) is 0 Å². The third kappa shape index (κ3) is 3.79. The van der Waals surface area contributed by atoms with Crippen LogP contribution >= 0.6 is 11.6 Å². The topological polar surface area (TPSA) is 113 Å². The highest BCUT2D eigenvalue weighted by atomic mass is 35.5. The number of rotatable bonds is 7. The number of piperidine rings is 1. The Morgan fingerprint density at radius 3 is 2.87 bits per heavy atom. The molecule has 30 heavy (non-hydrogen) atoms. The Kier molecular flexibility index (Phi) is 4.94. The minimum Gasteiger partial charge on any atom is -0.383 e. The number of amides is 2. The minimum absolute atomic E-state index is 0.0880. The maximum Gasteiger partial charge on any atom is 0.252 e. The average Bonchev–Trinajstić information content (AvgIpc) is 3.61. The molecule has 1 aliphatic heterocycles. The highest BCUT2D eigenvalue weighted by molar-refractivity contribution is 6.30. The third-order valence-corrected chi connectivity index (χ3v) is 6.53. The molecule has 3 aliphatic rings. The summed E-state index contributed by atoms with van der Waals surface area (Å²) < 4.78 is 1.51. The lowest BCUT2D eigenvalue weighted by atomic mass is 10.1. The Bertz CT molecular complexity index is 963. The van der Waals surface area contributed by atoms with Crippen LogP contribution in [0.25, 0.3) is 5.69 Å². The van der Waals surface area contributed by atoms with Gasteiger partial charge in [0.15, 0.2) is 0 Å². The van der Waals surface area contributed by atoms with Gasteiger partial charge in [0.05, 0.1) is 5.69 Å². The van der Waals surface area contributed by atoms with E-state index >= 15 is 0 Å². The third-order valence-electron chi connectivity index (χ3n) is 6.29. The molecule has 2 N–H and O–H groups in total. The lowest BCUT2D eigenvalue weighted by Gasteiger charge is -2.29. The number of carbonyl (C=O) groups is 2. The fourth-order valence-corrected chi connectivity index (χ4v) is 4.64. The van der Waals surface area contributed by atoms with Crippen molar-refractivity contribution >= 4 is 23.4 Å².